The molecule has 3 atom stereocenters. The molecule has 1 aliphatic heterocycles. The van der Waals surface area contributed by atoms with Gasteiger partial charge in [0.05, 0.1) is 35.9 Å². The molecular weight excluding hydrogens is 570 g/mol. The molecular formula is C34H39N5O4Si. The molecule has 228 valence electrons. The van der Waals surface area contributed by atoms with Gasteiger partial charge in [-0.15, -0.1) is 5.54 Å². The summed E-state index contributed by atoms with van der Waals surface area (Å²) in [6.07, 6.45) is 3.13. The number of nitrogens with zero attached hydrogens (tertiary/aromatic N) is 4. The van der Waals surface area contributed by atoms with Crippen LogP contribution in [0.4, 0.5) is 4.79 Å². The van der Waals surface area contributed by atoms with Crippen LogP contribution < -0.4 is 10.1 Å². The molecule has 7 rings (SSSR count). The predicted octanol–water partition coefficient (Wildman–Crippen LogP) is 5.71. The van der Waals surface area contributed by atoms with Crippen molar-refractivity contribution in [3.05, 3.63) is 47.5 Å². The first kappa shape index (κ1) is 28.5. The SMILES string of the molecule is COc1cc(C(=O)N2CC3CCC2C3NC(=O)O)cc2nc(-c3cc4cccc(C#C[Si](C)(C)C)c4n3CC3CC3)n(C)c12. The largest absolute Gasteiger partial charge is 0.494 e. The van der Waals surface area contributed by atoms with E-state index in [9.17, 15) is 14.7 Å². The van der Waals surface area contributed by atoms with Gasteiger partial charge in [-0.05, 0) is 61.8 Å². The van der Waals surface area contributed by atoms with Crippen molar-refractivity contribution in [3.8, 4) is 28.7 Å². The molecule has 0 spiro atoms. The molecule has 2 aliphatic carbocycles. The van der Waals surface area contributed by atoms with Gasteiger partial charge in [0.1, 0.15) is 19.3 Å². The van der Waals surface area contributed by atoms with Crippen LogP contribution >= 0.6 is 0 Å². The minimum absolute atomic E-state index is 0.116. The topological polar surface area (TPSA) is 102 Å². The lowest BCUT2D eigenvalue weighted by Gasteiger charge is -2.27. The number of likely N-dealkylation sites (tertiary alicyclic amines) is 1. The average Bonchev–Trinajstić information content (AvgIpc) is 3.32. The lowest BCUT2D eigenvalue weighted by Crippen LogP contribution is -2.45. The van der Waals surface area contributed by atoms with Gasteiger partial charge in [0.15, 0.2) is 5.82 Å². The number of methoxy groups -OCH3 is 1. The molecule has 1 saturated heterocycles. The molecule has 44 heavy (non-hydrogen) atoms. The van der Waals surface area contributed by atoms with Gasteiger partial charge in [0, 0.05) is 36.7 Å². The molecule has 2 aromatic heterocycles. The van der Waals surface area contributed by atoms with E-state index in [4.69, 9.17) is 9.72 Å². The van der Waals surface area contributed by atoms with Gasteiger partial charge in [-0.25, -0.2) is 9.78 Å². The number of hydrogen-bond donors (Lipinski definition) is 2. The van der Waals surface area contributed by atoms with E-state index in [1.165, 1.54) is 12.8 Å². The summed E-state index contributed by atoms with van der Waals surface area (Å²) in [4.78, 5) is 32.2. The maximum Gasteiger partial charge on any atom is 0.404 e. The lowest BCUT2D eigenvalue weighted by molar-refractivity contribution is 0.0697. The zero-order valence-corrected chi connectivity index (χ0v) is 27.0. The fourth-order valence-electron chi connectivity index (χ4n) is 7.19. The van der Waals surface area contributed by atoms with Gasteiger partial charge in [-0.2, -0.15) is 0 Å². The number of nitrogens with one attached hydrogen (secondary N) is 1. The van der Waals surface area contributed by atoms with Crippen LogP contribution in [-0.2, 0) is 13.6 Å². The van der Waals surface area contributed by atoms with E-state index < -0.39 is 14.2 Å². The van der Waals surface area contributed by atoms with Crippen molar-refractivity contribution in [1.29, 1.82) is 0 Å². The number of hydrogen-bond acceptors (Lipinski definition) is 4. The number of carbonyl (C=O) groups is 2. The second kappa shape index (κ2) is 10.4. The summed E-state index contributed by atoms with van der Waals surface area (Å²) >= 11 is 0. The molecule has 3 aliphatic rings. The van der Waals surface area contributed by atoms with Gasteiger partial charge >= 0.3 is 6.09 Å². The molecule has 2 aromatic carbocycles. The third kappa shape index (κ3) is 4.93. The van der Waals surface area contributed by atoms with Crippen LogP contribution in [0.3, 0.4) is 0 Å². The van der Waals surface area contributed by atoms with E-state index in [2.05, 4.69) is 69.8 Å². The van der Waals surface area contributed by atoms with E-state index in [1.807, 2.05) is 18.0 Å². The predicted molar refractivity (Wildman–Crippen MR) is 174 cm³/mol. The van der Waals surface area contributed by atoms with Gasteiger partial charge < -0.3 is 29.2 Å². The summed E-state index contributed by atoms with van der Waals surface area (Å²) in [6.45, 7) is 8.25. The second-order valence-electron chi connectivity index (χ2n) is 13.7. The summed E-state index contributed by atoms with van der Waals surface area (Å²) in [6, 6.07) is 11.9. The molecule has 3 fully saturated rings. The van der Waals surface area contributed by atoms with Crippen molar-refractivity contribution in [3.63, 3.8) is 0 Å². The van der Waals surface area contributed by atoms with Gasteiger partial charge in [0.2, 0.25) is 0 Å². The highest BCUT2D eigenvalue weighted by molar-refractivity contribution is 6.83. The second-order valence-corrected chi connectivity index (χ2v) is 18.5. The summed E-state index contributed by atoms with van der Waals surface area (Å²) < 4.78 is 10.3. The number of rotatable bonds is 6. The standard InChI is InChI=1S/C34H39N5O4Si/c1-37-31-25(15-24(17-28(31)43-2)33(40)39-19-23-11-12-26(39)29(23)36-34(41)42)35-32(37)27-16-22-8-6-7-21(13-14-44(3,4)5)30(22)38(27)18-20-9-10-20/h6-8,15-17,20,23,26,29,36H,9-12,18-19H2,1-5H3,(H,41,42). The van der Waals surface area contributed by atoms with E-state index >= 15 is 0 Å². The molecule has 0 radical (unpaired) electrons. The van der Waals surface area contributed by atoms with E-state index in [0.717, 1.165) is 52.9 Å². The first-order valence-corrected chi connectivity index (χ1v) is 19.0. The van der Waals surface area contributed by atoms with E-state index in [1.54, 1.807) is 13.2 Å². The average molecular weight is 610 g/mol. The first-order chi connectivity index (χ1) is 21.0. The Bertz CT molecular complexity index is 1890. The minimum atomic E-state index is -1.57. The Morgan fingerprint density at radius 3 is 2.61 bits per heavy atom. The summed E-state index contributed by atoms with van der Waals surface area (Å²) in [7, 11) is 2.06. The van der Waals surface area contributed by atoms with Crippen molar-refractivity contribution in [1.82, 2.24) is 24.3 Å². The minimum Gasteiger partial charge on any atom is -0.494 e. The summed E-state index contributed by atoms with van der Waals surface area (Å²) in [5, 5.41) is 13.1. The monoisotopic (exact) mass is 609 g/mol. The fourth-order valence-corrected chi connectivity index (χ4v) is 7.70. The number of carboxylic acid groups (broad SMARTS) is 1. The van der Waals surface area contributed by atoms with Crippen LogP contribution in [0, 0.1) is 23.3 Å². The van der Waals surface area contributed by atoms with Crippen molar-refractivity contribution in [2.45, 2.75) is 64.0 Å². The maximum atomic E-state index is 13.9. The number of aryl methyl sites for hydroxylation is 1. The van der Waals surface area contributed by atoms with E-state index in [-0.39, 0.29) is 23.9 Å². The molecule has 3 heterocycles. The van der Waals surface area contributed by atoms with Crippen molar-refractivity contribution >= 4 is 42.0 Å². The number of fused-ring (bicyclic) bond motifs is 4. The van der Waals surface area contributed by atoms with Crippen LogP contribution in [0.1, 0.15) is 41.6 Å². The molecule has 9 nitrogen and oxygen atoms in total. The number of amides is 2. The highest BCUT2D eigenvalue weighted by Gasteiger charge is 2.49. The molecule has 2 amide bonds. The van der Waals surface area contributed by atoms with Crippen molar-refractivity contribution in [2.24, 2.45) is 18.9 Å². The number of aromatic nitrogens is 3. The Balaban J connectivity index is 1.32. The van der Waals surface area contributed by atoms with Crippen LogP contribution in [0.2, 0.25) is 19.6 Å². The highest BCUT2D eigenvalue weighted by atomic mass is 28.3. The van der Waals surface area contributed by atoms with Gasteiger partial charge in [-0.1, -0.05) is 37.7 Å². The Morgan fingerprint density at radius 2 is 1.91 bits per heavy atom. The number of para-hydroxylation sites is 1. The van der Waals surface area contributed by atoms with E-state index in [0.29, 0.717) is 29.3 Å². The maximum absolute atomic E-state index is 13.9. The Kier molecular flexibility index (Phi) is 6.77. The molecule has 2 N–H and O–H groups in total. The third-order valence-corrected chi connectivity index (χ3v) is 10.3. The molecule has 4 aromatic rings. The van der Waals surface area contributed by atoms with Crippen LogP contribution in [0.15, 0.2) is 36.4 Å². The molecule has 10 heteroatoms. The zero-order valence-electron chi connectivity index (χ0n) is 26.0. The van der Waals surface area contributed by atoms with Crippen LogP contribution in [-0.4, -0.2) is 69.9 Å². The molecule has 3 unspecified atom stereocenters. The quantitative estimate of drug-likeness (QED) is 0.215. The lowest BCUT2D eigenvalue weighted by atomic mass is 10.1. The van der Waals surface area contributed by atoms with Gasteiger partial charge in [0.25, 0.3) is 5.91 Å². The highest BCUT2D eigenvalue weighted by Crippen LogP contribution is 2.41. The Labute approximate surface area is 258 Å². The van der Waals surface area contributed by atoms with Crippen molar-refractivity contribution < 1.29 is 19.4 Å². The van der Waals surface area contributed by atoms with Crippen LogP contribution in [0.25, 0.3) is 33.5 Å². The smallest absolute Gasteiger partial charge is 0.404 e. The first-order valence-electron chi connectivity index (χ1n) is 15.5. The number of benzene rings is 2. The zero-order chi connectivity index (χ0) is 30.9. The number of piperidine rings is 1. The third-order valence-electron chi connectivity index (χ3n) is 9.40. The molecule has 2 saturated carbocycles. The summed E-state index contributed by atoms with van der Waals surface area (Å²) in [5.74, 6) is 5.59. The van der Waals surface area contributed by atoms with Crippen LogP contribution in [0.5, 0.6) is 5.75 Å². The van der Waals surface area contributed by atoms with Gasteiger partial charge in [-0.3, -0.25) is 4.79 Å². The number of carbonyl (C=O) groups excluding carboxylic acids is 1. The summed E-state index contributed by atoms with van der Waals surface area (Å²) in [5.41, 5.74) is 8.82. The Hall–Kier alpha value is -4.23. The normalized spacial score (nSPS) is 21.1. The molecule has 2 bridgehead atoms. The number of ether oxygens (including phenoxy) is 1. The fraction of sp³-hybridized carbons (Fsp3) is 0.441. The Morgan fingerprint density at radius 1 is 1.11 bits per heavy atom. The van der Waals surface area contributed by atoms with Crippen molar-refractivity contribution in [2.75, 3.05) is 13.7 Å². The number of imidazole rings is 1.